The number of hydrogen-bond acceptors (Lipinski definition) is 3. The van der Waals surface area contributed by atoms with Crippen LogP contribution in [0.2, 0.25) is 0 Å². The largest absolute Gasteiger partial charge is 0.416 e. The van der Waals surface area contributed by atoms with Gasteiger partial charge in [-0.2, -0.15) is 13.2 Å². The molecule has 0 saturated carbocycles. The monoisotopic (exact) mass is 386 g/mol. The van der Waals surface area contributed by atoms with E-state index in [1.165, 1.54) is 24.3 Å². The summed E-state index contributed by atoms with van der Waals surface area (Å²) in [7, 11) is -3.63. The van der Waals surface area contributed by atoms with Crippen molar-refractivity contribution in [2.24, 2.45) is 0 Å². The molecule has 2 rings (SSSR count). The van der Waals surface area contributed by atoms with Crippen LogP contribution in [0.5, 0.6) is 0 Å². The van der Waals surface area contributed by atoms with Crippen LogP contribution in [0.25, 0.3) is 0 Å². The number of amides is 1. The molecule has 0 aromatic heterocycles. The van der Waals surface area contributed by atoms with E-state index in [2.05, 4.69) is 10.0 Å². The van der Waals surface area contributed by atoms with Crippen LogP contribution in [0, 0.1) is 0 Å². The number of carbonyl (C=O) groups excluding carboxylic acids is 1. The first-order valence-corrected chi connectivity index (χ1v) is 9.20. The van der Waals surface area contributed by atoms with Crippen LogP contribution < -0.4 is 10.0 Å². The summed E-state index contributed by atoms with van der Waals surface area (Å²) in [6.45, 7) is 2.13. The lowest BCUT2D eigenvalue weighted by molar-refractivity contribution is -0.137. The predicted molar refractivity (Wildman–Crippen MR) is 91.3 cm³/mol. The van der Waals surface area contributed by atoms with Gasteiger partial charge in [0.05, 0.1) is 10.5 Å². The fraction of sp³-hybridized carbons (Fsp3) is 0.235. The van der Waals surface area contributed by atoms with Crippen molar-refractivity contribution in [1.82, 2.24) is 4.72 Å². The Hall–Kier alpha value is -2.39. The second-order valence-electron chi connectivity index (χ2n) is 5.45. The molecule has 0 aliphatic heterocycles. The summed E-state index contributed by atoms with van der Waals surface area (Å²) >= 11 is 0. The SMILES string of the molecule is CCCNS(=O)(=O)c1ccc(C(=O)Nc2ccc(C(F)(F)F)cc2)cc1. The Kier molecular flexibility index (Phi) is 6.04. The highest BCUT2D eigenvalue weighted by atomic mass is 32.2. The molecule has 140 valence electrons. The molecule has 0 atom stereocenters. The van der Waals surface area contributed by atoms with Crippen LogP contribution in [0.3, 0.4) is 0 Å². The Morgan fingerprint density at radius 2 is 1.58 bits per heavy atom. The lowest BCUT2D eigenvalue weighted by Gasteiger charge is -2.09. The highest BCUT2D eigenvalue weighted by molar-refractivity contribution is 7.89. The van der Waals surface area contributed by atoms with Crippen molar-refractivity contribution in [2.75, 3.05) is 11.9 Å². The Labute approximate surface area is 149 Å². The smallest absolute Gasteiger partial charge is 0.322 e. The first-order chi connectivity index (χ1) is 12.1. The molecule has 0 aliphatic carbocycles. The van der Waals surface area contributed by atoms with Crippen molar-refractivity contribution in [2.45, 2.75) is 24.4 Å². The fourth-order valence-electron chi connectivity index (χ4n) is 2.05. The molecule has 26 heavy (non-hydrogen) atoms. The van der Waals surface area contributed by atoms with E-state index in [0.29, 0.717) is 13.0 Å². The second-order valence-corrected chi connectivity index (χ2v) is 7.22. The maximum atomic E-state index is 12.5. The highest BCUT2D eigenvalue weighted by Gasteiger charge is 2.30. The number of anilines is 1. The maximum absolute atomic E-state index is 12.5. The normalized spacial score (nSPS) is 12.0. The first-order valence-electron chi connectivity index (χ1n) is 7.72. The highest BCUT2D eigenvalue weighted by Crippen LogP contribution is 2.29. The minimum atomic E-state index is -4.45. The van der Waals surface area contributed by atoms with Gasteiger partial charge in [-0.25, -0.2) is 13.1 Å². The van der Waals surface area contributed by atoms with Gasteiger partial charge in [0.1, 0.15) is 0 Å². The molecule has 0 fully saturated rings. The fourth-order valence-corrected chi connectivity index (χ4v) is 3.18. The van der Waals surface area contributed by atoms with Crippen LogP contribution in [0.4, 0.5) is 18.9 Å². The van der Waals surface area contributed by atoms with Crippen molar-refractivity contribution in [3.8, 4) is 0 Å². The van der Waals surface area contributed by atoms with E-state index >= 15 is 0 Å². The molecule has 2 N–H and O–H groups in total. The zero-order valence-corrected chi connectivity index (χ0v) is 14.6. The molecule has 1 amide bonds. The number of benzene rings is 2. The summed E-state index contributed by atoms with van der Waals surface area (Å²) in [6, 6.07) is 9.27. The van der Waals surface area contributed by atoms with Gasteiger partial charge in [0, 0.05) is 17.8 Å². The quantitative estimate of drug-likeness (QED) is 0.796. The van der Waals surface area contributed by atoms with Gasteiger partial charge in [-0.3, -0.25) is 4.79 Å². The molecule has 9 heteroatoms. The van der Waals surface area contributed by atoms with Crippen LogP contribution in [0.15, 0.2) is 53.4 Å². The Bertz CT molecular complexity index is 862. The number of carbonyl (C=O) groups is 1. The van der Waals surface area contributed by atoms with E-state index in [1.54, 1.807) is 0 Å². The Morgan fingerprint density at radius 1 is 1.00 bits per heavy atom. The van der Waals surface area contributed by atoms with E-state index in [0.717, 1.165) is 24.3 Å². The summed E-state index contributed by atoms with van der Waals surface area (Å²) in [5.74, 6) is -0.560. The molecule has 0 heterocycles. The molecule has 0 spiro atoms. The number of alkyl halides is 3. The van der Waals surface area contributed by atoms with E-state index in [4.69, 9.17) is 0 Å². The van der Waals surface area contributed by atoms with E-state index < -0.39 is 27.7 Å². The topological polar surface area (TPSA) is 75.3 Å². The summed E-state index contributed by atoms with van der Waals surface area (Å²) in [5.41, 5.74) is -0.437. The minimum absolute atomic E-state index is 0.0250. The maximum Gasteiger partial charge on any atom is 0.416 e. The summed E-state index contributed by atoms with van der Waals surface area (Å²) < 4.78 is 63.9. The number of halogens is 3. The van der Waals surface area contributed by atoms with Gasteiger partial charge in [-0.05, 0) is 55.0 Å². The molecular weight excluding hydrogens is 369 g/mol. The Balaban J connectivity index is 2.08. The number of sulfonamides is 1. The van der Waals surface area contributed by atoms with Crippen molar-refractivity contribution >= 4 is 21.6 Å². The predicted octanol–water partition coefficient (Wildman–Crippen LogP) is 3.65. The van der Waals surface area contributed by atoms with Crippen LogP contribution in [0.1, 0.15) is 29.3 Å². The van der Waals surface area contributed by atoms with Gasteiger partial charge >= 0.3 is 6.18 Å². The van der Waals surface area contributed by atoms with Crippen molar-refractivity contribution in [3.63, 3.8) is 0 Å². The molecule has 0 aliphatic rings. The van der Waals surface area contributed by atoms with Gasteiger partial charge < -0.3 is 5.32 Å². The summed E-state index contributed by atoms with van der Waals surface area (Å²) in [4.78, 5) is 12.2. The number of nitrogens with one attached hydrogen (secondary N) is 2. The third-order valence-electron chi connectivity index (χ3n) is 3.44. The average molecular weight is 386 g/mol. The second kappa shape index (κ2) is 7.88. The van der Waals surface area contributed by atoms with Crippen molar-refractivity contribution in [3.05, 3.63) is 59.7 Å². The van der Waals surface area contributed by atoms with Gasteiger partial charge in [0.2, 0.25) is 10.0 Å². The molecule has 0 saturated heterocycles. The van der Waals surface area contributed by atoms with Gasteiger partial charge in [0.25, 0.3) is 5.91 Å². The number of hydrogen-bond donors (Lipinski definition) is 2. The molecule has 2 aromatic carbocycles. The third kappa shape index (κ3) is 5.06. The molecule has 2 aromatic rings. The lowest BCUT2D eigenvalue weighted by Crippen LogP contribution is -2.24. The average Bonchev–Trinajstić information content (AvgIpc) is 2.60. The standard InChI is InChI=1S/C17H17F3N2O3S/c1-2-11-21-26(24,25)15-9-3-12(4-10-15)16(23)22-14-7-5-13(6-8-14)17(18,19)20/h3-10,21H,2,11H2,1H3,(H,22,23). The van der Waals surface area contributed by atoms with Gasteiger partial charge in [0.15, 0.2) is 0 Å². The van der Waals surface area contributed by atoms with Crippen molar-refractivity contribution in [1.29, 1.82) is 0 Å². The van der Waals surface area contributed by atoms with Crippen molar-refractivity contribution < 1.29 is 26.4 Å². The summed E-state index contributed by atoms with van der Waals surface area (Å²) in [6.07, 6.45) is -3.80. The van der Waals surface area contributed by atoms with Crippen LogP contribution in [-0.2, 0) is 16.2 Å². The minimum Gasteiger partial charge on any atom is -0.322 e. The molecule has 0 bridgehead atoms. The zero-order valence-electron chi connectivity index (χ0n) is 13.8. The van der Waals surface area contributed by atoms with E-state index in [1.807, 2.05) is 6.92 Å². The zero-order chi connectivity index (χ0) is 19.4. The van der Waals surface area contributed by atoms with E-state index in [-0.39, 0.29) is 16.1 Å². The summed E-state index contributed by atoms with van der Waals surface area (Å²) in [5, 5.41) is 2.46. The van der Waals surface area contributed by atoms with E-state index in [9.17, 15) is 26.4 Å². The number of rotatable bonds is 6. The first kappa shape index (κ1) is 19.9. The molecule has 0 unspecified atom stereocenters. The third-order valence-corrected chi connectivity index (χ3v) is 4.92. The van der Waals surface area contributed by atoms with Crippen LogP contribution in [-0.4, -0.2) is 20.9 Å². The van der Waals surface area contributed by atoms with Crippen LogP contribution >= 0.6 is 0 Å². The lowest BCUT2D eigenvalue weighted by atomic mass is 10.2. The molecule has 5 nitrogen and oxygen atoms in total. The molecular formula is C17H17F3N2O3S. The Morgan fingerprint density at radius 3 is 2.08 bits per heavy atom. The van der Waals surface area contributed by atoms with Gasteiger partial charge in [-0.1, -0.05) is 6.92 Å². The molecule has 0 radical (unpaired) electrons. The van der Waals surface area contributed by atoms with Gasteiger partial charge in [-0.15, -0.1) is 0 Å².